The third-order valence-corrected chi connectivity index (χ3v) is 2.49. The van der Waals surface area contributed by atoms with Crippen molar-refractivity contribution in [3.63, 3.8) is 0 Å². The number of hydrogen-bond donors (Lipinski definition) is 2. The fourth-order valence-electron chi connectivity index (χ4n) is 1.55. The Morgan fingerprint density at radius 1 is 1.06 bits per heavy atom. The van der Waals surface area contributed by atoms with Gasteiger partial charge in [0.05, 0.1) is 0 Å². The van der Waals surface area contributed by atoms with E-state index in [1.807, 2.05) is 0 Å². The van der Waals surface area contributed by atoms with Crippen LogP contribution in [0.3, 0.4) is 0 Å². The van der Waals surface area contributed by atoms with E-state index in [2.05, 4.69) is 4.98 Å². The minimum Gasteiger partial charge on any atom is -0.477 e. The van der Waals surface area contributed by atoms with Gasteiger partial charge in [0.25, 0.3) is 0 Å². The highest BCUT2D eigenvalue weighted by atomic mass is 32.1. The number of carbonyl (C=O) groups is 1. The lowest BCUT2D eigenvalue weighted by molar-refractivity contribution is 0.0690. The van der Waals surface area contributed by atoms with Crippen LogP contribution in [0, 0.1) is 16.3 Å². The molecule has 0 aliphatic rings. The summed E-state index contributed by atoms with van der Waals surface area (Å²) in [7, 11) is 0. The smallest absolute Gasteiger partial charge is 0.352 e. The van der Waals surface area contributed by atoms with Crippen LogP contribution in [0.2, 0.25) is 0 Å². The molecule has 0 aliphatic heterocycles. The summed E-state index contributed by atoms with van der Waals surface area (Å²) in [5, 5.41) is 8.86. The number of benzene rings is 1. The second-order valence-corrected chi connectivity index (χ2v) is 4.05. The van der Waals surface area contributed by atoms with Crippen LogP contribution in [0.5, 0.6) is 0 Å². The molecule has 0 unspecified atom stereocenters. The molecule has 2 aromatic rings. The van der Waals surface area contributed by atoms with E-state index in [0.29, 0.717) is 5.56 Å². The van der Waals surface area contributed by atoms with Gasteiger partial charge >= 0.3 is 5.97 Å². The number of pyridine rings is 1. The van der Waals surface area contributed by atoms with E-state index >= 15 is 0 Å². The van der Waals surface area contributed by atoms with Crippen LogP contribution in [0.15, 0.2) is 30.3 Å². The standard InChI is InChI=1S/C12H7F2NO2S/c13-8-1-6(2-9(14)5-8)7-3-10(12(16)17)15-11(18)4-7/h1-5H,(H,15,18)(H,16,17). The Morgan fingerprint density at radius 2 is 1.61 bits per heavy atom. The molecule has 3 nitrogen and oxygen atoms in total. The van der Waals surface area contributed by atoms with Crippen LogP contribution in [0.4, 0.5) is 8.78 Å². The topological polar surface area (TPSA) is 53.1 Å². The quantitative estimate of drug-likeness (QED) is 0.820. The van der Waals surface area contributed by atoms with Crippen molar-refractivity contribution >= 4 is 18.2 Å². The maximum Gasteiger partial charge on any atom is 0.352 e. The van der Waals surface area contributed by atoms with E-state index in [1.54, 1.807) is 0 Å². The number of nitrogens with one attached hydrogen (secondary N) is 1. The fourth-order valence-corrected chi connectivity index (χ4v) is 1.78. The van der Waals surface area contributed by atoms with Gasteiger partial charge in [-0.3, -0.25) is 0 Å². The zero-order valence-electron chi connectivity index (χ0n) is 8.91. The van der Waals surface area contributed by atoms with Gasteiger partial charge in [-0.05, 0) is 35.4 Å². The van der Waals surface area contributed by atoms with Crippen molar-refractivity contribution in [3.05, 3.63) is 52.3 Å². The van der Waals surface area contributed by atoms with Crippen LogP contribution < -0.4 is 0 Å². The van der Waals surface area contributed by atoms with Crippen molar-refractivity contribution in [3.8, 4) is 11.1 Å². The SMILES string of the molecule is O=C(O)c1cc(-c2cc(F)cc(F)c2)cc(=S)[nH]1. The Kier molecular flexibility index (Phi) is 3.20. The Balaban J connectivity index is 2.63. The highest BCUT2D eigenvalue weighted by Gasteiger charge is 2.08. The third kappa shape index (κ3) is 2.60. The highest BCUT2D eigenvalue weighted by Crippen LogP contribution is 2.22. The molecule has 2 rings (SSSR count). The van der Waals surface area contributed by atoms with Gasteiger partial charge in [-0.1, -0.05) is 12.2 Å². The van der Waals surface area contributed by atoms with Crippen LogP contribution in [-0.2, 0) is 0 Å². The number of carboxylic acid groups (broad SMARTS) is 1. The lowest BCUT2D eigenvalue weighted by Gasteiger charge is -2.04. The molecular formula is C12H7F2NO2S. The largest absolute Gasteiger partial charge is 0.477 e. The van der Waals surface area contributed by atoms with E-state index in [4.69, 9.17) is 17.3 Å². The molecule has 1 aromatic carbocycles. The van der Waals surface area contributed by atoms with Crippen molar-refractivity contribution in [1.29, 1.82) is 0 Å². The first-order valence-corrected chi connectivity index (χ1v) is 5.30. The molecule has 0 bridgehead atoms. The second kappa shape index (κ2) is 4.66. The molecule has 1 heterocycles. The van der Waals surface area contributed by atoms with E-state index in [1.165, 1.54) is 12.1 Å². The molecule has 6 heteroatoms. The number of H-pyrrole nitrogens is 1. The second-order valence-electron chi connectivity index (χ2n) is 3.61. The van der Waals surface area contributed by atoms with Gasteiger partial charge in [0.15, 0.2) is 0 Å². The maximum atomic E-state index is 13.1. The molecule has 92 valence electrons. The predicted octanol–water partition coefficient (Wildman–Crippen LogP) is 3.39. The summed E-state index contributed by atoms with van der Waals surface area (Å²) in [5.41, 5.74) is 0.437. The zero-order valence-corrected chi connectivity index (χ0v) is 9.72. The molecule has 0 atom stereocenters. The van der Waals surface area contributed by atoms with Crippen molar-refractivity contribution in [2.24, 2.45) is 0 Å². The van der Waals surface area contributed by atoms with Gasteiger partial charge in [-0.15, -0.1) is 0 Å². The monoisotopic (exact) mass is 267 g/mol. The van der Waals surface area contributed by atoms with Crippen LogP contribution in [-0.4, -0.2) is 16.1 Å². The molecule has 0 saturated carbocycles. The summed E-state index contributed by atoms with van der Waals surface area (Å²) < 4.78 is 26.3. The maximum absolute atomic E-state index is 13.1. The average molecular weight is 267 g/mol. The number of halogens is 2. The first kappa shape index (κ1) is 12.4. The molecule has 0 fully saturated rings. The lowest BCUT2D eigenvalue weighted by atomic mass is 10.1. The minimum atomic E-state index is -1.19. The number of carboxylic acids is 1. The molecule has 1 aromatic heterocycles. The third-order valence-electron chi connectivity index (χ3n) is 2.27. The highest BCUT2D eigenvalue weighted by molar-refractivity contribution is 7.71. The van der Waals surface area contributed by atoms with E-state index in [0.717, 1.165) is 18.2 Å². The molecule has 0 spiro atoms. The lowest BCUT2D eigenvalue weighted by Crippen LogP contribution is -2.00. The molecule has 2 N–H and O–H groups in total. The Labute approximate surface area is 106 Å². The van der Waals surface area contributed by atoms with Gasteiger partial charge in [0.2, 0.25) is 0 Å². The summed E-state index contributed by atoms with van der Waals surface area (Å²) in [5.74, 6) is -2.67. The summed E-state index contributed by atoms with van der Waals surface area (Å²) in [4.78, 5) is 13.3. The van der Waals surface area contributed by atoms with Crippen molar-refractivity contribution < 1.29 is 18.7 Å². The van der Waals surface area contributed by atoms with Crippen LogP contribution >= 0.6 is 12.2 Å². The number of hydrogen-bond acceptors (Lipinski definition) is 2. The number of rotatable bonds is 2. The Hall–Kier alpha value is -2.08. The Bertz CT molecular complexity index is 662. The molecule has 0 aliphatic carbocycles. The molecule has 18 heavy (non-hydrogen) atoms. The molecular weight excluding hydrogens is 260 g/mol. The normalized spacial score (nSPS) is 10.3. The van der Waals surface area contributed by atoms with E-state index < -0.39 is 17.6 Å². The summed E-state index contributed by atoms with van der Waals surface area (Å²) in [6.07, 6.45) is 0. The van der Waals surface area contributed by atoms with Gasteiger partial charge in [-0.25, -0.2) is 13.6 Å². The predicted molar refractivity (Wildman–Crippen MR) is 63.9 cm³/mol. The summed E-state index contributed by atoms with van der Waals surface area (Å²) in [6, 6.07) is 5.67. The zero-order chi connectivity index (χ0) is 13.3. The van der Waals surface area contributed by atoms with Gasteiger partial charge < -0.3 is 10.1 Å². The van der Waals surface area contributed by atoms with Crippen molar-refractivity contribution in [1.82, 2.24) is 4.98 Å². The first-order valence-electron chi connectivity index (χ1n) is 4.90. The molecule has 0 amide bonds. The summed E-state index contributed by atoms with van der Waals surface area (Å²) in [6.45, 7) is 0. The minimum absolute atomic E-state index is 0.137. The van der Waals surface area contributed by atoms with E-state index in [-0.39, 0.29) is 15.9 Å². The number of aromatic carboxylic acids is 1. The average Bonchev–Trinajstić information content (AvgIpc) is 2.26. The van der Waals surface area contributed by atoms with Crippen molar-refractivity contribution in [2.45, 2.75) is 0 Å². The van der Waals surface area contributed by atoms with Crippen molar-refractivity contribution in [2.75, 3.05) is 0 Å². The van der Waals surface area contributed by atoms with E-state index in [9.17, 15) is 13.6 Å². The van der Waals surface area contributed by atoms with Crippen LogP contribution in [0.1, 0.15) is 10.5 Å². The first-order chi connectivity index (χ1) is 8.45. The molecule has 0 saturated heterocycles. The fraction of sp³-hybridized carbons (Fsp3) is 0. The molecule has 0 radical (unpaired) electrons. The van der Waals surface area contributed by atoms with Gasteiger partial charge in [-0.2, -0.15) is 0 Å². The number of aromatic nitrogens is 1. The Morgan fingerprint density at radius 3 is 2.17 bits per heavy atom. The number of aromatic amines is 1. The van der Waals surface area contributed by atoms with Crippen LogP contribution in [0.25, 0.3) is 11.1 Å². The van der Waals surface area contributed by atoms with Gasteiger partial charge in [0.1, 0.15) is 22.0 Å². The summed E-state index contributed by atoms with van der Waals surface area (Å²) >= 11 is 4.87. The van der Waals surface area contributed by atoms with Gasteiger partial charge in [0, 0.05) is 6.07 Å².